The van der Waals surface area contributed by atoms with E-state index in [1.54, 1.807) is 30.5 Å². The molecule has 11 nitrogen and oxygen atoms in total. The molecule has 1 N–H and O–H groups in total. The van der Waals surface area contributed by atoms with Gasteiger partial charge < -0.3 is 19.3 Å². The van der Waals surface area contributed by atoms with Gasteiger partial charge in [-0.2, -0.15) is 12.7 Å². The van der Waals surface area contributed by atoms with Gasteiger partial charge in [0.1, 0.15) is 5.69 Å². The van der Waals surface area contributed by atoms with Crippen molar-refractivity contribution in [1.82, 2.24) is 19.2 Å². The van der Waals surface area contributed by atoms with Gasteiger partial charge in [-0.25, -0.2) is 4.98 Å². The van der Waals surface area contributed by atoms with Crippen LogP contribution in [-0.4, -0.2) is 94.1 Å². The highest BCUT2D eigenvalue weighted by Gasteiger charge is 2.54. The molecule has 1 amide bonds. The Morgan fingerprint density at radius 1 is 1.09 bits per heavy atom. The zero-order valence-corrected chi connectivity index (χ0v) is 26.1. The minimum absolute atomic E-state index is 0.0602. The van der Waals surface area contributed by atoms with Gasteiger partial charge in [0.15, 0.2) is 0 Å². The van der Waals surface area contributed by atoms with E-state index in [1.165, 1.54) is 4.31 Å². The Labute approximate surface area is 253 Å². The number of nitrogens with one attached hydrogen (secondary N) is 1. The van der Waals surface area contributed by atoms with Crippen molar-refractivity contribution >= 4 is 38.4 Å². The third-order valence-electron chi connectivity index (χ3n) is 9.10. The summed E-state index contributed by atoms with van der Waals surface area (Å²) >= 11 is 0. The second kappa shape index (κ2) is 11.6. The molecule has 3 aliphatic rings. The van der Waals surface area contributed by atoms with Gasteiger partial charge in [-0.05, 0) is 70.0 Å². The lowest BCUT2D eigenvalue weighted by Gasteiger charge is -2.37. The van der Waals surface area contributed by atoms with Crippen LogP contribution in [0.25, 0.3) is 22.0 Å². The summed E-state index contributed by atoms with van der Waals surface area (Å²) in [4.78, 5) is 26.3. The molecule has 0 radical (unpaired) electrons. The Balaban J connectivity index is 1.35. The SMILES string of the molecule is COC1CCN(S(=O)(=O)Nc2cc(-c3ccc4ncc5c(c4c3)C3(CCC3)C(=O)N5C)cnc2OCCCN(C)C)CC1. The summed E-state index contributed by atoms with van der Waals surface area (Å²) in [5.41, 5.74) is 4.13. The van der Waals surface area contributed by atoms with E-state index in [1.807, 2.05) is 33.3 Å². The van der Waals surface area contributed by atoms with Gasteiger partial charge in [0.25, 0.3) is 0 Å². The fourth-order valence-electron chi connectivity index (χ4n) is 6.51. The van der Waals surface area contributed by atoms with E-state index in [2.05, 4.69) is 25.7 Å². The van der Waals surface area contributed by atoms with E-state index in [0.29, 0.717) is 32.5 Å². The highest BCUT2D eigenvalue weighted by molar-refractivity contribution is 7.90. The summed E-state index contributed by atoms with van der Waals surface area (Å²) in [5, 5.41) is 0.944. The van der Waals surface area contributed by atoms with Gasteiger partial charge in [-0.3, -0.25) is 14.5 Å². The molecule has 6 rings (SSSR count). The average Bonchev–Trinajstić information content (AvgIpc) is 3.22. The summed E-state index contributed by atoms with van der Waals surface area (Å²) in [7, 11) is 3.61. The van der Waals surface area contributed by atoms with Crippen molar-refractivity contribution < 1.29 is 22.7 Å². The van der Waals surface area contributed by atoms with Crippen molar-refractivity contribution in [2.45, 2.75) is 50.0 Å². The minimum Gasteiger partial charge on any atom is -0.476 e. The molecule has 4 heterocycles. The van der Waals surface area contributed by atoms with E-state index >= 15 is 0 Å². The zero-order chi connectivity index (χ0) is 30.4. The van der Waals surface area contributed by atoms with Crippen LogP contribution in [0.15, 0.2) is 36.7 Å². The van der Waals surface area contributed by atoms with Gasteiger partial charge in [0.2, 0.25) is 11.8 Å². The van der Waals surface area contributed by atoms with Crippen molar-refractivity contribution in [3.8, 4) is 17.0 Å². The zero-order valence-electron chi connectivity index (χ0n) is 25.3. The number of methoxy groups -OCH3 is 1. The second-order valence-corrected chi connectivity index (χ2v) is 13.7. The standard InChI is InChI=1S/C31H40N6O5S/c1-35(2)13-6-16-42-29-26(34-43(39,40)37-14-9-23(41-4)10-15-37)18-22(19-33-29)21-7-8-25-24(17-21)28-27(20-32-25)36(3)30(38)31(28)11-5-12-31/h7-8,17-20,23,34H,5-6,9-16H2,1-4H3. The van der Waals surface area contributed by atoms with E-state index in [4.69, 9.17) is 9.47 Å². The highest BCUT2D eigenvalue weighted by Crippen LogP contribution is 2.55. The molecule has 1 spiro atoms. The number of ether oxygens (including phenoxy) is 2. The molecular weight excluding hydrogens is 568 g/mol. The second-order valence-electron chi connectivity index (χ2n) is 12.1. The summed E-state index contributed by atoms with van der Waals surface area (Å²) in [6, 6.07) is 7.74. The van der Waals surface area contributed by atoms with Crippen molar-refractivity contribution in [1.29, 1.82) is 0 Å². The van der Waals surface area contributed by atoms with Crippen molar-refractivity contribution in [2.75, 3.05) is 64.1 Å². The van der Waals surface area contributed by atoms with Crippen LogP contribution in [0.1, 0.15) is 44.1 Å². The molecular formula is C31H40N6O5S. The molecule has 3 aromatic rings. The van der Waals surface area contributed by atoms with E-state index in [-0.39, 0.29) is 23.6 Å². The Bertz CT molecular complexity index is 1630. The predicted octanol–water partition coefficient (Wildman–Crippen LogP) is 3.79. The normalized spacial score (nSPS) is 18.8. The molecule has 2 aromatic heterocycles. The largest absolute Gasteiger partial charge is 0.476 e. The summed E-state index contributed by atoms with van der Waals surface area (Å²) < 4.78 is 42.6. The molecule has 2 fully saturated rings. The topological polar surface area (TPSA) is 117 Å². The van der Waals surface area contributed by atoms with Gasteiger partial charge in [-0.1, -0.05) is 12.5 Å². The number of fused-ring (bicyclic) bond motifs is 4. The number of anilines is 2. The number of benzene rings is 1. The first-order chi connectivity index (χ1) is 20.6. The number of carbonyl (C=O) groups excluding carboxylic acids is 1. The van der Waals surface area contributed by atoms with Gasteiger partial charge in [0.05, 0.1) is 35.5 Å². The van der Waals surface area contributed by atoms with Crippen molar-refractivity contribution in [3.63, 3.8) is 0 Å². The van der Waals surface area contributed by atoms with E-state index in [0.717, 1.165) is 65.5 Å². The van der Waals surface area contributed by atoms with Crippen LogP contribution in [0.2, 0.25) is 0 Å². The van der Waals surface area contributed by atoms with Crippen LogP contribution >= 0.6 is 0 Å². The molecule has 0 bridgehead atoms. The van der Waals surface area contributed by atoms with Crippen LogP contribution < -0.4 is 14.4 Å². The Kier molecular flexibility index (Phi) is 8.05. The quantitative estimate of drug-likeness (QED) is 0.346. The smallest absolute Gasteiger partial charge is 0.301 e. The Hall–Kier alpha value is -3.32. The molecule has 0 atom stereocenters. The average molecular weight is 609 g/mol. The first-order valence-corrected chi connectivity index (χ1v) is 16.4. The third kappa shape index (κ3) is 5.45. The first-order valence-electron chi connectivity index (χ1n) is 14.9. The molecule has 1 aliphatic carbocycles. The van der Waals surface area contributed by atoms with Crippen molar-refractivity contribution in [2.24, 2.45) is 0 Å². The molecule has 230 valence electrons. The molecule has 2 aliphatic heterocycles. The molecule has 43 heavy (non-hydrogen) atoms. The summed E-state index contributed by atoms with van der Waals surface area (Å²) in [6.07, 6.45) is 8.30. The number of carbonyl (C=O) groups is 1. The van der Waals surface area contributed by atoms with Crippen LogP contribution in [0, 0.1) is 0 Å². The van der Waals surface area contributed by atoms with Gasteiger partial charge in [-0.15, -0.1) is 0 Å². The number of aromatic nitrogens is 2. The number of piperidine rings is 1. The first kappa shape index (κ1) is 29.7. The maximum atomic E-state index is 13.5. The van der Waals surface area contributed by atoms with Crippen LogP contribution in [0.4, 0.5) is 11.4 Å². The maximum absolute atomic E-state index is 13.5. The van der Waals surface area contributed by atoms with Gasteiger partial charge >= 0.3 is 10.2 Å². The van der Waals surface area contributed by atoms with Crippen LogP contribution in [-0.2, 0) is 25.2 Å². The Morgan fingerprint density at radius 3 is 2.53 bits per heavy atom. The predicted molar refractivity (Wildman–Crippen MR) is 167 cm³/mol. The number of nitrogens with zero attached hydrogens (tertiary/aromatic N) is 5. The number of likely N-dealkylation sites (N-methyl/N-ethyl adjacent to an activating group) is 1. The molecule has 1 saturated carbocycles. The highest BCUT2D eigenvalue weighted by atomic mass is 32.2. The molecule has 0 unspecified atom stereocenters. The number of hydrogen-bond acceptors (Lipinski definition) is 8. The molecule has 1 saturated heterocycles. The summed E-state index contributed by atoms with van der Waals surface area (Å²) in [6.45, 7) is 1.98. The summed E-state index contributed by atoms with van der Waals surface area (Å²) in [5.74, 6) is 0.374. The number of rotatable bonds is 10. The number of amides is 1. The van der Waals surface area contributed by atoms with Gasteiger partial charge in [0, 0.05) is 56.5 Å². The molecule has 12 heteroatoms. The van der Waals surface area contributed by atoms with Crippen LogP contribution in [0.5, 0.6) is 5.88 Å². The monoisotopic (exact) mass is 608 g/mol. The van der Waals surface area contributed by atoms with E-state index < -0.39 is 15.6 Å². The lowest BCUT2D eigenvalue weighted by Crippen LogP contribution is -2.43. The lowest BCUT2D eigenvalue weighted by molar-refractivity contribution is -0.125. The lowest BCUT2D eigenvalue weighted by atomic mass is 9.64. The third-order valence-corrected chi connectivity index (χ3v) is 10.6. The molecule has 1 aromatic carbocycles. The van der Waals surface area contributed by atoms with Crippen LogP contribution in [0.3, 0.4) is 0 Å². The minimum atomic E-state index is -3.85. The Morgan fingerprint density at radius 2 is 1.86 bits per heavy atom. The number of hydrogen-bond donors (Lipinski definition) is 1. The fraction of sp³-hybridized carbons (Fsp3) is 0.516. The fourth-order valence-corrected chi connectivity index (χ4v) is 7.75. The number of pyridine rings is 2. The van der Waals surface area contributed by atoms with E-state index in [9.17, 15) is 13.2 Å². The maximum Gasteiger partial charge on any atom is 0.301 e. The van der Waals surface area contributed by atoms with Crippen molar-refractivity contribution in [3.05, 3.63) is 42.2 Å².